The number of hydrogen-bond acceptors (Lipinski definition) is 7. The third-order valence-electron chi connectivity index (χ3n) is 7.51. The van der Waals surface area contributed by atoms with E-state index in [4.69, 9.17) is 9.47 Å². The van der Waals surface area contributed by atoms with Crippen molar-refractivity contribution in [1.82, 2.24) is 4.90 Å². The van der Waals surface area contributed by atoms with E-state index in [1.165, 1.54) is 19.6 Å². The van der Waals surface area contributed by atoms with Gasteiger partial charge >= 0.3 is 11.9 Å². The van der Waals surface area contributed by atoms with Gasteiger partial charge in [-0.3, -0.25) is 9.69 Å². The molecule has 3 aliphatic heterocycles. The largest absolute Gasteiger partial charge is 0.466 e. The molecule has 0 aromatic heterocycles. The van der Waals surface area contributed by atoms with Crippen LogP contribution in [-0.4, -0.2) is 59.9 Å². The highest BCUT2D eigenvalue weighted by atomic mass is 16.6. The molecule has 1 unspecified atom stereocenters. The van der Waals surface area contributed by atoms with Crippen LogP contribution in [0.1, 0.15) is 32.3 Å². The summed E-state index contributed by atoms with van der Waals surface area (Å²) in [6.45, 7) is 4.20. The van der Waals surface area contributed by atoms with Gasteiger partial charge in [-0.25, -0.2) is 4.79 Å². The van der Waals surface area contributed by atoms with E-state index in [1.54, 1.807) is 6.92 Å². The Balaban J connectivity index is 1.73. The fourth-order valence-electron chi connectivity index (χ4n) is 6.29. The summed E-state index contributed by atoms with van der Waals surface area (Å²) in [5, 5.41) is 15.3. The number of carbonyl (C=O) groups is 2. The smallest absolute Gasteiger partial charge is 0.335 e. The number of esters is 2. The van der Waals surface area contributed by atoms with Crippen molar-refractivity contribution in [3.63, 3.8) is 0 Å². The van der Waals surface area contributed by atoms with E-state index in [2.05, 4.69) is 16.3 Å². The maximum absolute atomic E-state index is 13.0. The normalized spacial score (nSPS) is 35.4. The first-order valence-corrected chi connectivity index (χ1v) is 10.2. The monoisotopic (exact) mass is 398 g/mol. The summed E-state index contributed by atoms with van der Waals surface area (Å²) in [4.78, 5) is 26.9. The van der Waals surface area contributed by atoms with Crippen LogP contribution in [0.2, 0.25) is 0 Å². The number of fused-ring (bicyclic) bond motifs is 2. The van der Waals surface area contributed by atoms with Gasteiger partial charge in [0.25, 0.3) is 0 Å². The van der Waals surface area contributed by atoms with Gasteiger partial charge < -0.3 is 19.9 Å². The molecule has 2 fully saturated rings. The number of piperidine rings is 1. The molecular weight excluding hydrogens is 372 g/mol. The lowest BCUT2D eigenvalue weighted by Crippen LogP contribution is -2.67. The van der Waals surface area contributed by atoms with Crippen LogP contribution >= 0.6 is 0 Å². The number of benzene rings is 1. The Morgan fingerprint density at radius 2 is 2.10 bits per heavy atom. The van der Waals surface area contributed by atoms with E-state index >= 15 is 0 Å². The van der Waals surface area contributed by atoms with Gasteiger partial charge in [0, 0.05) is 36.8 Å². The SMILES string of the molecule is COC(=O)C1=C2Nc3ccccc3[C@@]23CCN2C[C@@](O)(C(C)OC(C)=O)[C@@H]1C[C@H]23. The van der Waals surface area contributed by atoms with Gasteiger partial charge in [-0.1, -0.05) is 18.2 Å². The third-order valence-corrected chi connectivity index (χ3v) is 7.51. The van der Waals surface area contributed by atoms with Crippen LogP contribution in [-0.2, 0) is 24.5 Å². The van der Waals surface area contributed by atoms with Crippen molar-refractivity contribution in [3.05, 3.63) is 41.1 Å². The Morgan fingerprint density at radius 3 is 2.83 bits per heavy atom. The third kappa shape index (κ3) is 2.25. The first-order valence-electron chi connectivity index (χ1n) is 10.2. The summed E-state index contributed by atoms with van der Waals surface area (Å²) in [6, 6.07) is 8.36. The highest BCUT2D eigenvalue weighted by Crippen LogP contribution is 2.62. The molecule has 2 bridgehead atoms. The van der Waals surface area contributed by atoms with E-state index in [-0.39, 0.29) is 11.5 Å². The number of carbonyl (C=O) groups excluding carboxylic acids is 2. The summed E-state index contributed by atoms with van der Waals surface area (Å²) < 4.78 is 10.6. The molecule has 5 atom stereocenters. The summed E-state index contributed by atoms with van der Waals surface area (Å²) in [7, 11) is 1.37. The van der Waals surface area contributed by atoms with Crippen molar-refractivity contribution >= 4 is 17.6 Å². The lowest BCUT2D eigenvalue weighted by atomic mass is 9.58. The maximum Gasteiger partial charge on any atom is 0.335 e. The van der Waals surface area contributed by atoms with Gasteiger partial charge in [0.1, 0.15) is 11.7 Å². The molecule has 3 heterocycles. The average Bonchev–Trinajstić information content (AvgIpc) is 3.24. The summed E-state index contributed by atoms with van der Waals surface area (Å²) >= 11 is 0. The fraction of sp³-hybridized carbons (Fsp3) is 0.545. The Kier molecular flexibility index (Phi) is 3.89. The summed E-state index contributed by atoms with van der Waals surface area (Å²) in [5.41, 5.74) is 1.90. The van der Waals surface area contributed by atoms with Gasteiger partial charge in [-0.05, 0) is 37.9 Å². The van der Waals surface area contributed by atoms with E-state index in [1.807, 2.05) is 18.2 Å². The Morgan fingerprint density at radius 1 is 1.34 bits per heavy atom. The average molecular weight is 398 g/mol. The van der Waals surface area contributed by atoms with E-state index in [0.717, 1.165) is 24.4 Å². The van der Waals surface area contributed by atoms with Gasteiger partial charge in [0.2, 0.25) is 0 Å². The highest BCUT2D eigenvalue weighted by Gasteiger charge is 2.67. The number of para-hydroxylation sites is 1. The molecule has 7 heteroatoms. The molecule has 1 aliphatic carbocycles. The van der Waals surface area contributed by atoms with Crippen LogP contribution in [0, 0.1) is 5.92 Å². The van der Waals surface area contributed by atoms with Crippen molar-refractivity contribution in [1.29, 1.82) is 0 Å². The lowest BCUT2D eigenvalue weighted by Gasteiger charge is -2.55. The molecule has 4 aliphatic rings. The minimum atomic E-state index is -1.37. The predicted molar refractivity (Wildman–Crippen MR) is 105 cm³/mol. The van der Waals surface area contributed by atoms with Gasteiger partial charge in [0.15, 0.2) is 0 Å². The summed E-state index contributed by atoms with van der Waals surface area (Å²) in [6.07, 6.45) is 0.733. The molecule has 154 valence electrons. The zero-order valence-electron chi connectivity index (χ0n) is 16.9. The zero-order chi connectivity index (χ0) is 20.6. The second-order valence-electron chi connectivity index (χ2n) is 8.69. The second-order valence-corrected chi connectivity index (χ2v) is 8.69. The Labute approximate surface area is 169 Å². The molecule has 0 amide bonds. The molecule has 1 spiro atoms. The predicted octanol–water partition coefficient (Wildman–Crippen LogP) is 1.57. The Bertz CT molecular complexity index is 943. The van der Waals surface area contributed by atoms with Crippen LogP contribution in [0.3, 0.4) is 0 Å². The molecule has 0 saturated carbocycles. The molecule has 1 aromatic carbocycles. The van der Waals surface area contributed by atoms with Gasteiger partial charge in [-0.15, -0.1) is 0 Å². The number of nitrogens with zero attached hydrogens (tertiary/aromatic N) is 1. The number of rotatable bonds is 3. The van der Waals surface area contributed by atoms with Crippen molar-refractivity contribution < 1.29 is 24.2 Å². The Hall–Kier alpha value is -2.38. The van der Waals surface area contributed by atoms with Crippen LogP contribution in [0.5, 0.6) is 0 Å². The zero-order valence-corrected chi connectivity index (χ0v) is 16.9. The standard InChI is InChI=1S/C22H26N2O5/c1-12(29-13(2)25)22(27)11-24-9-8-21-14-6-4-5-7-16(14)23-19(21)18(20(26)28-3)15(22)10-17(21)24/h4-7,12,15,17,23,27H,8-11H2,1-3H3/t12?,15-,17+,21-,22-/m1/s1. The maximum atomic E-state index is 13.0. The highest BCUT2D eigenvalue weighted by molar-refractivity contribution is 5.94. The molecule has 7 nitrogen and oxygen atoms in total. The molecule has 0 radical (unpaired) electrons. The van der Waals surface area contributed by atoms with Gasteiger partial charge in [-0.2, -0.15) is 0 Å². The van der Waals surface area contributed by atoms with Crippen molar-refractivity contribution in [2.24, 2.45) is 5.92 Å². The fourth-order valence-corrected chi connectivity index (χ4v) is 6.29. The minimum Gasteiger partial charge on any atom is -0.466 e. The molecule has 2 N–H and O–H groups in total. The number of anilines is 1. The minimum absolute atomic E-state index is 0.178. The summed E-state index contributed by atoms with van der Waals surface area (Å²) in [5.74, 6) is -1.36. The van der Waals surface area contributed by atoms with Crippen molar-refractivity contribution in [3.8, 4) is 0 Å². The van der Waals surface area contributed by atoms with Crippen molar-refractivity contribution in [2.75, 3.05) is 25.5 Å². The molecule has 1 aromatic rings. The van der Waals surface area contributed by atoms with E-state index in [9.17, 15) is 14.7 Å². The first-order chi connectivity index (χ1) is 13.8. The lowest BCUT2D eigenvalue weighted by molar-refractivity contribution is -0.182. The van der Waals surface area contributed by atoms with Crippen LogP contribution in [0.4, 0.5) is 5.69 Å². The van der Waals surface area contributed by atoms with Crippen molar-refractivity contribution in [2.45, 2.75) is 49.9 Å². The quantitative estimate of drug-likeness (QED) is 0.747. The molecule has 29 heavy (non-hydrogen) atoms. The number of nitrogens with one attached hydrogen (secondary N) is 1. The van der Waals surface area contributed by atoms with E-state index < -0.39 is 29.6 Å². The number of ether oxygens (including phenoxy) is 2. The van der Waals surface area contributed by atoms with Crippen LogP contribution in [0.15, 0.2) is 35.5 Å². The van der Waals surface area contributed by atoms with E-state index in [0.29, 0.717) is 18.5 Å². The van der Waals surface area contributed by atoms with Crippen LogP contribution in [0.25, 0.3) is 0 Å². The van der Waals surface area contributed by atoms with Gasteiger partial charge in [0.05, 0.1) is 18.1 Å². The molecule has 2 saturated heterocycles. The number of methoxy groups -OCH3 is 1. The second kappa shape index (κ2) is 6.06. The molecule has 5 rings (SSSR count). The van der Waals surface area contributed by atoms with Crippen LogP contribution < -0.4 is 5.32 Å². The first kappa shape index (κ1) is 18.6. The number of aliphatic hydroxyl groups is 1. The number of hydrogen-bond donors (Lipinski definition) is 2. The molecular formula is C22H26N2O5. The topological polar surface area (TPSA) is 88.1 Å².